The standard InChI is InChI=1S/C24H27N5O3/c1-16-6-4-5-15-28(16)24(31)18-7-9-19(10-8-18)25-23-22(17(2)30)26-27-29(23)20-11-13-21(32-3)14-12-20/h7-14,16,25H,4-6,15H2,1-3H3. The molecule has 1 aromatic heterocycles. The van der Waals surface area contributed by atoms with Crippen molar-refractivity contribution in [3.8, 4) is 11.4 Å². The average molecular weight is 434 g/mol. The summed E-state index contributed by atoms with van der Waals surface area (Å²) in [6.45, 7) is 4.35. The number of carbonyl (C=O) groups is 2. The summed E-state index contributed by atoms with van der Waals surface area (Å²) in [4.78, 5) is 27.0. The summed E-state index contributed by atoms with van der Waals surface area (Å²) in [5.74, 6) is 1.04. The van der Waals surface area contributed by atoms with Crippen LogP contribution in [0.1, 0.15) is 54.0 Å². The molecule has 0 spiro atoms. The second kappa shape index (κ2) is 9.21. The predicted octanol–water partition coefficient (Wildman–Crippen LogP) is 4.24. The normalized spacial score (nSPS) is 16.0. The number of rotatable bonds is 6. The minimum Gasteiger partial charge on any atom is -0.497 e. The van der Waals surface area contributed by atoms with Crippen LogP contribution < -0.4 is 10.1 Å². The Hall–Kier alpha value is -3.68. The number of Topliss-reactive ketones (excluding diaryl/α,β-unsaturated/α-hetero) is 1. The molecule has 2 aromatic carbocycles. The van der Waals surface area contributed by atoms with E-state index in [9.17, 15) is 9.59 Å². The van der Waals surface area contributed by atoms with Crippen molar-refractivity contribution in [1.29, 1.82) is 0 Å². The number of carbonyl (C=O) groups excluding carboxylic acids is 2. The summed E-state index contributed by atoms with van der Waals surface area (Å²) in [5.41, 5.74) is 2.35. The number of methoxy groups -OCH3 is 1. The third-order valence-corrected chi connectivity index (χ3v) is 5.78. The van der Waals surface area contributed by atoms with Gasteiger partial charge in [0.1, 0.15) is 5.75 Å². The fourth-order valence-electron chi connectivity index (χ4n) is 3.93. The molecule has 32 heavy (non-hydrogen) atoms. The lowest BCUT2D eigenvalue weighted by molar-refractivity contribution is 0.0635. The third-order valence-electron chi connectivity index (χ3n) is 5.78. The Morgan fingerprint density at radius 2 is 1.78 bits per heavy atom. The Bertz CT molecular complexity index is 1110. The highest BCUT2D eigenvalue weighted by Gasteiger charge is 2.24. The van der Waals surface area contributed by atoms with E-state index in [-0.39, 0.29) is 23.4 Å². The van der Waals surface area contributed by atoms with E-state index in [2.05, 4.69) is 22.6 Å². The van der Waals surface area contributed by atoms with Crippen LogP contribution in [-0.2, 0) is 0 Å². The first-order valence-electron chi connectivity index (χ1n) is 10.8. The van der Waals surface area contributed by atoms with Crippen molar-refractivity contribution in [2.24, 2.45) is 0 Å². The van der Waals surface area contributed by atoms with Crippen molar-refractivity contribution in [3.05, 3.63) is 59.8 Å². The number of hydrogen-bond donors (Lipinski definition) is 1. The molecule has 166 valence electrons. The first kappa shape index (κ1) is 21.5. The minimum atomic E-state index is -0.196. The summed E-state index contributed by atoms with van der Waals surface area (Å²) in [6, 6.07) is 14.8. The summed E-state index contributed by atoms with van der Waals surface area (Å²) in [5, 5.41) is 11.5. The van der Waals surface area contributed by atoms with Gasteiger partial charge in [0.25, 0.3) is 5.91 Å². The smallest absolute Gasteiger partial charge is 0.254 e. The number of amides is 1. The van der Waals surface area contributed by atoms with Crippen LogP contribution >= 0.6 is 0 Å². The van der Waals surface area contributed by atoms with Gasteiger partial charge in [-0.1, -0.05) is 5.21 Å². The van der Waals surface area contributed by atoms with Gasteiger partial charge in [0.2, 0.25) is 0 Å². The third kappa shape index (κ3) is 4.34. The number of hydrogen-bond acceptors (Lipinski definition) is 6. The fraction of sp³-hybridized carbons (Fsp3) is 0.333. The van der Waals surface area contributed by atoms with E-state index in [4.69, 9.17) is 4.74 Å². The van der Waals surface area contributed by atoms with Gasteiger partial charge in [0, 0.05) is 30.8 Å². The van der Waals surface area contributed by atoms with Gasteiger partial charge in [-0.15, -0.1) is 5.10 Å². The second-order valence-corrected chi connectivity index (χ2v) is 8.00. The first-order chi connectivity index (χ1) is 15.5. The Labute approximate surface area is 187 Å². The summed E-state index contributed by atoms with van der Waals surface area (Å²) in [6.07, 6.45) is 3.26. The number of nitrogens with one attached hydrogen (secondary N) is 1. The van der Waals surface area contributed by atoms with E-state index < -0.39 is 0 Å². The molecule has 1 atom stereocenters. The van der Waals surface area contributed by atoms with Crippen LogP contribution in [0.25, 0.3) is 5.69 Å². The Morgan fingerprint density at radius 3 is 2.41 bits per heavy atom. The van der Waals surface area contributed by atoms with E-state index >= 15 is 0 Å². The van der Waals surface area contributed by atoms with Crippen LogP contribution in [0.15, 0.2) is 48.5 Å². The molecule has 8 heteroatoms. The predicted molar refractivity (Wildman–Crippen MR) is 122 cm³/mol. The monoisotopic (exact) mass is 433 g/mol. The Balaban J connectivity index is 1.58. The highest BCUT2D eigenvalue weighted by atomic mass is 16.5. The van der Waals surface area contributed by atoms with Gasteiger partial charge < -0.3 is 15.0 Å². The highest BCUT2D eigenvalue weighted by molar-refractivity contribution is 5.98. The van der Waals surface area contributed by atoms with Gasteiger partial charge in [-0.05, 0) is 74.7 Å². The fourth-order valence-corrected chi connectivity index (χ4v) is 3.93. The van der Waals surface area contributed by atoms with Gasteiger partial charge in [-0.25, -0.2) is 0 Å². The number of ketones is 1. The number of anilines is 2. The van der Waals surface area contributed by atoms with Gasteiger partial charge >= 0.3 is 0 Å². The molecule has 8 nitrogen and oxygen atoms in total. The molecular weight excluding hydrogens is 406 g/mol. The van der Waals surface area contributed by atoms with E-state index in [1.807, 2.05) is 41.3 Å². The molecule has 1 aliphatic heterocycles. The van der Waals surface area contributed by atoms with Crippen molar-refractivity contribution in [2.45, 2.75) is 39.2 Å². The average Bonchev–Trinajstić information content (AvgIpc) is 3.23. The number of likely N-dealkylation sites (tertiary alicyclic amines) is 1. The lowest BCUT2D eigenvalue weighted by atomic mass is 10.0. The zero-order valence-electron chi connectivity index (χ0n) is 18.5. The van der Waals surface area contributed by atoms with Crippen LogP contribution in [0.2, 0.25) is 0 Å². The number of aromatic nitrogens is 3. The summed E-state index contributed by atoms with van der Waals surface area (Å²) >= 11 is 0. The van der Waals surface area contributed by atoms with Gasteiger partial charge in [-0.3, -0.25) is 9.59 Å². The molecule has 1 unspecified atom stereocenters. The molecule has 0 aliphatic carbocycles. The zero-order valence-corrected chi connectivity index (χ0v) is 18.5. The van der Waals surface area contributed by atoms with Gasteiger partial charge in [0.05, 0.1) is 12.8 Å². The van der Waals surface area contributed by atoms with E-state index in [0.29, 0.717) is 11.4 Å². The number of ether oxygens (including phenoxy) is 1. The Kier molecular flexibility index (Phi) is 6.20. The SMILES string of the molecule is COc1ccc(-n2nnc(C(C)=O)c2Nc2ccc(C(=O)N3CCCCC3C)cc2)cc1. The molecule has 1 saturated heterocycles. The van der Waals surface area contributed by atoms with Crippen molar-refractivity contribution in [1.82, 2.24) is 19.9 Å². The lowest BCUT2D eigenvalue weighted by Crippen LogP contribution is -2.41. The summed E-state index contributed by atoms with van der Waals surface area (Å²) in [7, 11) is 1.60. The van der Waals surface area contributed by atoms with Crippen LogP contribution in [-0.4, -0.2) is 51.3 Å². The molecule has 1 aliphatic rings. The number of benzene rings is 2. The maximum absolute atomic E-state index is 12.9. The maximum atomic E-state index is 12.9. The molecule has 0 radical (unpaired) electrons. The molecule has 1 amide bonds. The second-order valence-electron chi connectivity index (χ2n) is 8.00. The minimum absolute atomic E-state index is 0.0538. The quantitative estimate of drug-likeness (QED) is 0.585. The van der Waals surface area contributed by atoms with Gasteiger partial charge in [0.15, 0.2) is 17.3 Å². The summed E-state index contributed by atoms with van der Waals surface area (Å²) < 4.78 is 6.78. The van der Waals surface area contributed by atoms with Gasteiger partial charge in [-0.2, -0.15) is 4.68 Å². The van der Waals surface area contributed by atoms with E-state index in [0.717, 1.165) is 36.5 Å². The van der Waals surface area contributed by atoms with Crippen molar-refractivity contribution in [2.75, 3.05) is 19.0 Å². The molecule has 1 N–H and O–H groups in total. The molecule has 0 saturated carbocycles. The topological polar surface area (TPSA) is 89.3 Å². The zero-order chi connectivity index (χ0) is 22.7. The van der Waals surface area contributed by atoms with Crippen LogP contribution in [0.5, 0.6) is 5.75 Å². The first-order valence-corrected chi connectivity index (χ1v) is 10.8. The van der Waals surface area contributed by atoms with E-state index in [1.165, 1.54) is 13.3 Å². The van der Waals surface area contributed by atoms with Crippen molar-refractivity contribution >= 4 is 23.2 Å². The van der Waals surface area contributed by atoms with E-state index in [1.54, 1.807) is 23.9 Å². The molecule has 0 bridgehead atoms. The van der Waals surface area contributed by atoms with Crippen LogP contribution in [0.4, 0.5) is 11.5 Å². The van der Waals surface area contributed by atoms with Crippen LogP contribution in [0.3, 0.4) is 0 Å². The number of nitrogens with zero attached hydrogens (tertiary/aromatic N) is 4. The number of piperidine rings is 1. The largest absolute Gasteiger partial charge is 0.497 e. The Morgan fingerprint density at radius 1 is 1.06 bits per heavy atom. The van der Waals surface area contributed by atoms with Crippen LogP contribution in [0, 0.1) is 0 Å². The highest BCUT2D eigenvalue weighted by Crippen LogP contribution is 2.26. The molecular formula is C24H27N5O3. The molecule has 2 heterocycles. The molecule has 1 fully saturated rings. The molecule has 3 aromatic rings. The maximum Gasteiger partial charge on any atom is 0.254 e. The van der Waals surface area contributed by atoms with Crippen molar-refractivity contribution in [3.63, 3.8) is 0 Å². The van der Waals surface area contributed by atoms with Crippen molar-refractivity contribution < 1.29 is 14.3 Å². The molecule has 4 rings (SSSR count). The lowest BCUT2D eigenvalue weighted by Gasteiger charge is -2.33.